The summed E-state index contributed by atoms with van der Waals surface area (Å²) >= 11 is 0. The van der Waals surface area contributed by atoms with E-state index in [2.05, 4.69) is 36.3 Å². The smallest absolute Gasteiger partial charge is 0.118 e. The van der Waals surface area contributed by atoms with Gasteiger partial charge in [-0.15, -0.1) is 5.10 Å². The van der Waals surface area contributed by atoms with E-state index in [0.29, 0.717) is 0 Å². The molecule has 0 unspecified atom stereocenters. The summed E-state index contributed by atoms with van der Waals surface area (Å²) in [4.78, 5) is 0. The predicted octanol–water partition coefficient (Wildman–Crippen LogP) is 3.22. The van der Waals surface area contributed by atoms with Gasteiger partial charge in [-0.25, -0.2) is 4.68 Å². The topological polar surface area (TPSA) is 39.9 Å². The summed E-state index contributed by atoms with van der Waals surface area (Å²) in [6.07, 6.45) is 0. The lowest BCUT2D eigenvalue weighted by Gasteiger charge is -2.26. The molecule has 0 bridgehead atoms. The molecule has 0 aliphatic heterocycles. The average Bonchev–Trinajstić information content (AvgIpc) is 2.92. The Bertz CT molecular complexity index is 729. The first-order valence-electron chi connectivity index (χ1n) is 6.58. The number of hydrogen-bond donors (Lipinski definition) is 0. The highest BCUT2D eigenvalue weighted by atomic mass is 16.5. The van der Waals surface area contributed by atoms with Gasteiger partial charge < -0.3 is 4.74 Å². The second-order valence-electron chi connectivity index (χ2n) is 5.28. The van der Waals surface area contributed by atoms with Crippen molar-refractivity contribution < 1.29 is 4.74 Å². The molecule has 0 aliphatic rings. The maximum absolute atomic E-state index is 5.21. The molecule has 0 radical (unpaired) electrons. The van der Waals surface area contributed by atoms with E-state index in [4.69, 9.17) is 4.74 Å². The maximum Gasteiger partial charge on any atom is 0.118 e. The molecular formula is C16H17N3O. The van der Waals surface area contributed by atoms with Gasteiger partial charge in [0.15, 0.2) is 0 Å². The summed E-state index contributed by atoms with van der Waals surface area (Å²) in [5.74, 6) is 0.855. The molecule has 0 aliphatic carbocycles. The van der Waals surface area contributed by atoms with Crippen LogP contribution >= 0.6 is 0 Å². The van der Waals surface area contributed by atoms with Crippen molar-refractivity contribution in [3.05, 3.63) is 54.1 Å². The number of methoxy groups -OCH3 is 1. The first kappa shape index (κ1) is 12.7. The normalized spacial score (nSPS) is 11.8. The van der Waals surface area contributed by atoms with E-state index in [1.165, 1.54) is 0 Å². The van der Waals surface area contributed by atoms with Gasteiger partial charge in [-0.1, -0.05) is 29.5 Å². The molecule has 0 spiro atoms. The van der Waals surface area contributed by atoms with Crippen LogP contribution in [0.15, 0.2) is 48.5 Å². The van der Waals surface area contributed by atoms with Crippen molar-refractivity contribution in [2.45, 2.75) is 19.4 Å². The fourth-order valence-electron chi connectivity index (χ4n) is 2.40. The highest BCUT2D eigenvalue weighted by Gasteiger charge is 2.26. The Morgan fingerprint density at radius 1 is 1.00 bits per heavy atom. The van der Waals surface area contributed by atoms with Crippen LogP contribution in [0.1, 0.15) is 19.4 Å². The van der Waals surface area contributed by atoms with E-state index >= 15 is 0 Å². The molecule has 0 saturated heterocycles. The van der Waals surface area contributed by atoms with E-state index in [-0.39, 0.29) is 5.54 Å². The largest absolute Gasteiger partial charge is 0.497 e. The monoisotopic (exact) mass is 267 g/mol. The van der Waals surface area contributed by atoms with Crippen LogP contribution in [-0.2, 0) is 5.54 Å². The van der Waals surface area contributed by atoms with Crippen LogP contribution in [0.25, 0.3) is 11.0 Å². The molecule has 0 saturated carbocycles. The summed E-state index contributed by atoms with van der Waals surface area (Å²) < 4.78 is 7.17. The highest BCUT2D eigenvalue weighted by Crippen LogP contribution is 2.29. The number of nitrogens with zero attached hydrogens (tertiary/aromatic N) is 3. The number of para-hydroxylation sites is 1. The predicted molar refractivity (Wildman–Crippen MR) is 78.9 cm³/mol. The van der Waals surface area contributed by atoms with Crippen LogP contribution in [0, 0.1) is 0 Å². The number of ether oxygens (including phenoxy) is 1. The lowest BCUT2D eigenvalue weighted by Crippen LogP contribution is -2.28. The molecule has 2 aromatic carbocycles. The third-order valence-corrected chi connectivity index (χ3v) is 3.68. The van der Waals surface area contributed by atoms with Gasteiger partial charge in [0.1, 0.15) is 11.3 Å². The highest BCUT2D eigenvalue weighted by molar-refractivity contribution is 5.74. The molecular weight excluding hydrogens is 250 g/mol. The average molecular weight is 267 g/mol. The molecule has 0 fully saturated rings. The zero-order valence-corrected chi connectivity index (χ0v) is 11.9. The second-order valence-corrected chi connectivity index (χ2v) is 5.28. The van der Waals surface area contributed by atoms with Gasteiger partial charge in [-0.2, -0.15) is 0 Å². The number of rotatable bonds is 3. The minimum atomic E-state index is -0.275. The van der Waals surface area contributed by atoms with Crippen LogP contribution in [0.2, 0.25) is 0 Å². The van der Waals surface area contributed by atoms with Gasteiger partial charge in [0.2, 0.25) is 0 Å². The molecule has 20 heavy (non-hydrogen) atoms. The Labute approximate surface area is 118 Å². The second kappa shape index (κ2) is 4.63. The third-order valence-electron chi connectivity index (χ3n) is 3.68. The summed E-state index contributed by atoms with van der Waals surface area (Å²) in [6, 6.07) is 16.1. The van der Waals surface area contributed by atoms with Crippen molar-refractivity contribution in [1.29, 1.82) is 0 Å². The fraction of sp³-hybridized carbons (Fsp3) is 0.250. The first-order chi connectivity index (χ1) is 9.63. The van der Waals surface area contributed by atoms with Crippen molar-refractivity contribution in [2.75, 3.05) is 7.11 Å². The number of hydrogen-bond acceptors (Lipinski definition) is 3. The van der Waals surface area contributed by atoms with Gasteiger partial charge in [0.25, 0.3) is 0 Å². The molecule has 0 N–H and O–H groups in total. The molecule has 4 nitrogen and oxygen atoms in total. The van der Waals surface area contributed by atoms with Crippen molar-refractivity contribution >= 4 is 11.0 Å². The molecule has 0 amide bonds. The Morgan fingerprint density at radius 3 is 2.40 bits per heavy atom. The van der Waals surface area contributed by atoms with Gasteiger partial charge in [-0.3, -0.25) is 0 Å². The van der Waals surface area contributed by atoms with E-state index in [1.54, 1.807) is 7.11 Å². The van der Waals surface area contributed by atoms with Crippen LogP contribution in [0.5, 0.6) is 5.75 Å². The van der Waals surface area contributed by atoms with Crippen molar-refractivity contribution in [3.63, 3.8) is 0 Å². The lowest BCUT2D eigenvalue weighted by atomic mass is 9.94. The van der Waals surface area contributed by atoms with Crippen LogP contribution in [-0.4, -0.2) is 22.1 Å². The Kier molecular flexibility index (Phi) is 2.93. The van der Waals surface area contributed by atoms with Gasteiger partial charge in [0, 0.05) is 0 Å². The van der Waals surface area contributed by atoms with E-state index in [0.717, 1.165) is 22.3 Å². The summed E-state index contributed by atoms with van der Waals surface area (Å²) in [5.41, 5.74) is 2.83. The van der Waals surface area contributed by atoms with Crippen LogP contribution < -0.4 is 4.74 Å². The van der Waals surface area contributed by atoms with Crippen molar-refractivity contribution in [3.8, 4) is 5.75 Å². The SMILES string of the molecule is COc1ccc(C(C)(C)n2nnc3ccccc32)cc1. The van der Waals surface area contributed by atoms with Crippen LogP contribution in [0.3, 0.4) is 0 Å². The summed E-state index contributed by atoms with van der Waals surface area (Å²) in [5, 5.41) is 8.55. The van der Waals surface area contributed by atoms with Gasteiger partial charge >= 0.3 is 0 Å². The standard InChI is InChI=1S/C16H17N3O/c1-16(2,12-8-10-13(20-3)11-9-12)19-15-7-5-4-6-14(15)17-18-19/h4-11H,1-3H3. The quantitative estimate of drug-likeness (QED) is 0.731. The van der Waals surface area contributed by atoms with Crippen LogP contribution in [0.4, 0.5) is 0 Å². The lowest BCUT2D eigenvalue weighted by molar-refractivity contribution is 0.390. The molecule has 102 valence electrons. The van der Waals surface area contributed by atoms with Crippen molar-refractivity contribution in [2.24, 2.45) is 0 Å². The summed E-state index contributed by atoms with van der Waals surface area (Å²) in [7, 11) is 1.67. The molecule has 3 rings (SSSR count). The maximum atomic E-state index is 5.21. The molecule has 4 heteroatoms. The van der Waals surface area contributed by atoms with Gasteiger partial charge in [0.05, 0.1) is 18.2 Å². The van der Waals surface area contributed by atoms with E-state index in [9.17, 15) is 0 Å². The zero-order chi connectivity index (χ0) is 14.2. The number of fused-ring (bicyclic) bond motifs is 1. The Balaban J connectivity index is 2.10. The summed E-state index contributed by atoms with van der Waals surface area (Å²) in [6.45, 7) is 4.27. The molecule has 0 atom stereocenters. The minimum absolute atomic E-state index is 0.275. The Hall–Kier alpha value is -2.36. The van der Waals surface area contributed by atoms with Gasteiger partial charge in [-0.05, 0) is 43.7 Å². The van der Waals surface area contributed by atoms with Crippen molar-refractivity contribution in [1.82, 2.24) is 15.0 Å². The number of aromatic nitrogens is 3. The molecule has 1 heterocycles. The number of benzene rings is 2. The zero-order valence-electron chi connectivity index (χ0n) is 11.9. The fourth-order valence-corrected chi connectivity index (χ4v) is 2.40. The van der Waals surface area contributed by atoms with E-state index in [1.807, 2.05) is 41.1 Å². The first-order valence-corrected chi connectivity index (χ1v) is 6.58. The molecule has 3 aromatic rings. The third kappa shape index (κ3) is 1.93. The molecule has 1 aromatic heterocycles. The van der Waals surface area contributed by atoms with E-state index < -0.39 is 0 Å². The Morgan fingerprint density at radius 2 is 1.70 bits per heavy atom. The minimum Gasteiger partial charge on any atom is -0.497 e.